The summed E-state index contributed by atoms with van der Waals surface area (Å²) in [5, 5.41) is 19.8. The number of carboxylic acid groups (broad SMARTS) is 1. The monoisotopic (exact) mass is 233 g/mol. The maximum atomic E-state index is 11.3. The van der Waals surface area contributed by atoms with Crippen LogP contribution in [0.5, 0.6) is 0 Å². The van der Waals surface area contributed by atoms with Crippen molar-refractivity contribution < 1.29 is 24.5 Å². The van der Waals surface area contributed by atoms with Gasteiger partial charge in [-0.3, -0.25) is 9.59 Å². The van der Waals surface area contributed by atoms with E-state index in [1.54, 1.807) is 0 Å². The van der Waals surface area contributed by atoms with E-state index in [1.807, 2.05) is 0 Å². The number of hydrogen-bond donors (Lipinski definition) is 3. The van der Waals surface area contributed by atoms with Crippen molar-refractivity contribution in [1.82, 2.24) is 5.32 Å². The van der Waals surface area contributed by atoms with Gasteiger partial charge in [-0.1, -0.05) is 0 Å². The Morgan fingerprint density at radius 1 is 1.38 bits per heavy atom. The molecule has 94 valence electrons. The Morgan fingerprint density at radius 2 is 2.06 bits per heavy atom. The predicted molar refractivity (Wildman–Crippen MR) is 57.0 cm³/mol. The lowest BCUT2D eigenvalue weighted by Crippen LogP contribution is -2.38. The van der Waals surface area contributed by atoms with E-state index in [4.69, 9.17) is 14.9 Å². The van der Waals surface area contributed by atoms with E-state index >= 15 is 0 Å². The third-order valence-corrected chi connectivity index (χ3v) is 2.01. The topological polar surface area (TPSA) is 95.9 Å². The SMILES string of the molecule is COCC(CCO)NC(=O)CCCC(=O)O. The molecule has 0 aromatic carbocycles. The third-order valence-electron chi connectivity index (χ3n) is 2.01. The van der Waals surface area contributed by atoms with Gasteiger partial charge in [0.2, 0.25) is 5.91 Å². The maximum absolute atomic E-state index is 11.3. The van der Waals surface area contributed by atoms with Crippen molar-refractivity contribution in [2.45, 2.75) is 31.7 Å². The first-order chi connectivity index (χ1) is 7.60. The summed E-state index contributed by atoms with van der Waals surface area (Å²) < 4.78 is 4.88. The Morgan fingerprint density at radius 3 is 2.56 bits per heavy atom. The normalized spacial score (nSPS) is 12.1. The molecule has 1 unspecified atom stereocenters. The second-order valence-electron chi connectivity index (χ2n) is 3.48. The fraction of sp³-hybridized carbons (Fsp3) is 0.800. The Labute approximate surface area is 94.6 Å². The lowest BCUT2D eigenvalue weighted by molar-refractivity contribution is -0.137. The minimum absolute atomic E-state index is 0.0115. The molecule has 0 saturated heterocycles. The molecule has 0 aliphatic rings. The number of ether oxygens (including phenoxy) is 1. The van der Waals surface area contributed by atoms with Crippen LogP contribution in [0.1, 0.15) is 25.7 Å². The number of hydrogen-bond acceptors (Lipinski definition) is 4. The summed E-state index contributed by atoms with van der Waals surface area (Å²) in [6.45, 7) is 0.314. The van der Waals surface area contributed by atoms with Gasteiger partial charge in [-0.2, -0.15) is 0 Å². The standard InChI is InChI=1S/C10H19NO5/c1-16-7-8(5-6-12)11-9(13)3-2-4-10(14)15/h8,12H,2-7H2,1H3,(H,11,13)(H,14,15). The van der Waals surface area contributed by atoms with Gasteiger partial charge in [-0.25, -0.2) is 0 Å². The Kier molecular flexibility index (Phi) is 8.46. The van der Waals surface area contributed by atoms with E-state index in [0.717, 1.165) is 0 Å². The molecular formula is C10H19NO5. The van der Waals surface area contributed by atoms with E-state index in [2.05, 4.69) is 5.32 Å². The summed E-state index contributed by atoms with van der Waals surface area (Å²) in [5.41, 5.74) is 0. The van der Waals surface area contributed by atoms with Crippen LogP contribution in [0.25, 0.3) is 0 Å². The largest absolute Gasteiger partial charge is 0.481 e. The molecule has 1 atom stereocenters. The summed E-state index contributed by atoms with van der Waals surface area (Å²) in [7, 11) is 1.51. The average molecular weight is 233 g/mol. The molecule has 0 aliphatic carbocycles. The van der Waals surface area contributed by atoms with Gasteiger partial charge in [-0.15, -0.1) is 0 Å². The molecule has 0 fully saturated rings. The van der Waals surface area contributed by atoms with Crippen LogP contribution in [-0.4, -0.2) is 48.5 Å². The molecule has 0 saturated carbocycles. The fourth-order valence-corrected chi connectivity index (χ4v) is 1.25. The highest BCUT2D eigenvalue weighted by Gasteiger charge is 2.11. The number of aliphatic hydroxyl groups is 1. The number of nitrogens with one attached hydrogen (secondary N) is 1. The number of carbonyl (C=O) groups is 2. The van der Waals surface area contributed by atoms with Gasteiger partial charge in [0.05, 0.1) is 12.6 Å². The van der Waals surface area contributed by atoms with Gasteiger partial charge in [0.15, 0.2) is 0 Å². The molecule has 0 bridgehead atoms. The number of methoxy groups -OCH3 is 1. The average Bonchev–Trinajstić information content (AvgIpc) is 2.17. The molecule has 0 heterocycles. The van der Waals surface area contributed by atoms with Gasteiger partial charge < -0.3 is 20.3 Å². The number of aliphatic carboxylic acids is 1. The van der Waals surface area contributed by atoms with Crippen LogP contribution in [0.2, 0.25) is 0 Å². The van der Waals surface area contributed by atoms with Crippen molar-refractivity contribution in [2.75, 3.05) is 20.3 Å². The summed E-state index contributed by atoms with van der Waals surface area (Å²) >= 11 is 0. The molecule has 0 aromatic heterocycles. The first-order valence-electron chi connectivity index (χ1n) is 5.21. The molecule has 0 aromatic rings. The van der Waals surface area contributed by atoms with Crippen LogP contribution < -0.4 is 5.32 Å². The molecule has 0 aliphatic heterocycles. The number of amides is 1. The summed E-state index contributed by atoms with van der Waals surface area (Å²) in [6.07, 6.45) is 0.915. The van der Waals surface area contributed by atoms with Crippen LogP contribution in [0, 0.1) is 0 Å². The number of carbonyl (C=O) groups excluding carboxylic acids is 1. The van der Waals surface area contributed by atoms with Crippen molar-refractivity contribution in [3.63, 3.8) is 0 Å². The molecule has 1 amide bonds. The summed E-state index contributed by atoms with van der Waals surface area (Å²) in [5.74, 6) is -1.12. The maximum Gasteiger partial charge on any atom is 0.303 e. The molecule has 6 heteroatoms. The first kappa shape index (κ1) is 14.9. The van der Waals surface area contributed by atoms with Gasteiger partial charge in [-0.05, 0) is 12.8 Å². The zero-order valence-electron chi connectivity index (χ0n) is 9.44. The molecule has 0 rings (SSSR count). The first-order valence-corrected chi connectivity index (χ1v) is 5.21. The quantitative estimate of drug-likeness (QED) is 0.510. The van der Waals surface area contributed by atoms with E-state index in [0.29, 0.717) is 19.4 Å². The number of rotatable bonds is 9. The number of carboxylic acids is 1. The minimum Gasteiger partial charge on any atom is -0.481 e. The van der Waals surface area contributed by atoms with Crippen LogP contribution >= 0.6 is 0 Å². The Hall–Kier alpha value is -1.14. The molecular weight excluding hydrogens is 214 g/mol. The second kappa shape index (κ2) is 9.11. The summed E-state index contributed by atoms with van der Waals surface area (Å²) in [6, 6.07) is -0.215. The lowest BCUT2D eigenvalue weighted by atomic mass is 10.2. The highest BCUT2D eigenvalue weighted by atomic mass is 16.5. The van der Waals surface area contributed by atoms with E-state index in [9.17, 15) is 9.59 Å². The third kappa shape index (κ3) is 8.19. The van der Waals surface area contributed by atoms with E-state index in [1.165, 1.54) is 7.11 Å². The van der Waals surface area contributed by atoms with Crippen molar-refractivity contribution in [3.8, 4) is 0 Å². The lowest BCUT2D eigenvalue weighted by Gasteiger charge is -2.16. The van der Waals surface area contributed by atoms with E-state index in [-0.39, 0.29) is 31.4 Å². The van der Waals surface area contributed by atoms with Crippen molar-refractivity contribution in [3.05, 3.63) is 0 Å². The Bertz CT molecular complexity index is 213. The summed E-state index contributed by atoms with van der Waals surface area (Å²) in [4.78, 5) is 21.6. The minimum atomic E-state index is -0.906. The van der Waals surface area contributed by atoms with E-state index < -0.39 is 5.97 Å². The van der Waals surface area contributed by atoms with Gasteiger partial charge in [0.1, 0.15) is 0 Å². The van der Waals surface area contributed by atoms with Gasteiger partial charge >= 0.3 is 5.97 Å². The van der Waals surface area contributed by atoms with Gasteiger partial charge in [0.25, 0.3) is 0 Å². The molecule has 3 N–H and O–H groups in total. The van der Waals surface area contributed by atoms with Gasteiger partial charge in [0, 0.05) is 26.6 Å². The fourth-order valence-electron chi connectivity index (χ4n) is 1.25. The highest BCUT2D eigenvalue weighted by Crippen LogP contribution is 1.98. The van der Waals surface area contributed by atoms with Crippen molar-refractivity contribution in [1.29, 1.82) is 0 Å². The van der Waals surface area contributed by atoms with Crippen LogP contribution in [0.3, 0.4) is 0 Å². The van der Waals surface area contributed by atoms with Crippen LogP contribution in [0.4, 0.5) is 0 Å². The van der Waals surface area contributed by atoms with Crippen LogP contribution in [-0.2, 0) is 14.3 Å². The molecule has 6 nitrogen and oxygen atoms in total. The zero-order chi connectivity index (χ0) is 12.4. The smallest absolute Gasteiger partial charge is 0.303 e. The second-order valence-corrected chi connectivity index (χ2v) is 3.48. The molecule has 0 radical (unpaired) electrons. The van der Waals surface area contributed by atoms with Crippen LogP contribution in [0.15, 0.2) is 0 Å². The zero-order valence-corrected chi connectivity index (χ0v) is 9.44. The number of aliphatic hydroxyl groups excluding tert-OH is 1. The molecule has 0 spiro atoms. The predicted octanol–water partition coefficient (Wildman–Crippen LogP) is -0.245. The molecule has 16 heavy (non-hydrogen) atoms. The van der Waals surface area contributed by atoms with Crippen molar-refractivity contribution in [2.24, 2.45) is 0 Å². The Balaban J connectivity index is 3.76. The highest BCUT2D eigenvalue weighted by molar-refractivity contribution is 5.77. The van der Waals surface area contributed by atoms with Crippen molar-refractivity contribution >= 4 is 11.9 Å².